The second-order valence-corrected chi connectivity index (χ2v) is 3.59. The number of rotatable bonds is 3. The summed E-state index contributed by atoms with van der Waals surface area (Å²) in [7, 11) is 0.979. The summed E-state index contributed by atoms with van der Waals surface area (Å²) in [5, 5.41) is 6.79. The van der Waals surface area contributed by atoms with Crippen molar-refractivity contribution in [1.29, 1.82) is 0 Å². The molecule has 0 aliphatic carbocycles. The van der Waals surface area contributed by atoms with Gasteiger partial charge in [0.2, 0.25) is 5.82 Å². The minimum atomic E-state index is -5.50. The Kier molecular flexibility index (Phi) is 4.88. The first-order valence-corrected chi connectivity index (χ1v) is 5.21. The number of halogens is 6. The molecular weight excluding hydrogens is 326 g/mol. The molecule has 0 spiro atoms. The van der Waals surface area contributed by atoms with E-state index < -0.39 is 48.0 Å². The molecule has 122 valence electrons. The largest absolute Gasteiger partial charge is 0.468 e. The Morgan fingerprint density at radius 1 is 1.05 bits per heavy atom. The molecule has 0 aromatic carbocycles. The molecule has 0 radical (unpaired) electrons. The quantitative estimate of drug-likeness (QED) is 0.650. The van der Waals surface area contributed by atoms with E-state index in [-0.39, 0.29) is 0 Å². The molecule has 0 unspecified atom stereocenters. The van der Waals surface area contributed by atoms with Gasteiger partial charge in [0.1, 0.15) is 6.54 Å². The fourth-order valence-corrected chi connectivity index (χ4v) is 1.11. The zero-order valence-electron chi connectivity index (χ0n) is 10.5. The normalized spacial score (nSPS) is 12.0. The van der Waals surface area contributed by atoms with Gasteiger partial charge >= 0.3 is 18.3 Å². The van der Waals surface area contributed by atoms with Crippen molar-refractivity contribution in [2.75, 3.05) is 13.7 Å². The maximum absolute atomic E-state index is 12.6. The van der Waals surface area contributed by atoms with Gasteiger partial charge in [0.05, 0.1) is 7.11 Å². The minimum absolute atomic E-state index is 0.735. The Balaban J connectivity index is 3.15. The molecule has 0 fully saturated rings. The summed E-state index contributed by atoms with van der Waals surface area (Å²) in [6.07, 6.45) is -11.0. The van der Waals surface area contributed by atoms with Crippen LogP contribution < -0.4 is 5.32 Å². The number of esters is 1. The first kappa shape index (κ1) is 17.6. The van der Waals surface area contributed by atoms with E-state index in [0.29, 0.717) is 0 Å². The predicted octanol–water partition coefficient (Wildman–Crippen LogP) is 0.812. The molecule has 13 heteroatoms. The van der Waals surface area contributed by atoms with Gasteiger partial charge in [0.25, 0.3) is 5.91 Å². The highest BCUT2D eigenvalue weighted by Gasteiger charge is 2.47. The van der Waals surface area contributed by atoms with Crippen LogP contribution in [0.2, 0.25) is 0 Å². The Morgan fingerprint density at radius 2 is 1.59 bits per heavy atom. The van der Waals surface area contributed by atoms with Gasteiger partial charge in [-0.05, 0) is 0 Å². The number of methoxy groups -OCH3 is 1. The second-order valence-electron chi connectivity index (χ2n) is 3.59. The highest BCUT2D eigenvalue weighted by Crippen LogP contribution is 2.37. The van der Waals surface area contributed by atoms with Crippen molar-refractivity contribution in [2.45, 2.75) is 12.4 Å². The van der Waals surface area contributed by atoms with Crippen molar-refractivity contribution in [1.82, 2.24) is 20.5 Å². The lowest BCUT2D eigenvalue weighted by molar-refractivity contribution is -0.168. The number of ether oxygens (including phenoxy) is 1. The van der Waals surface area contributed by atoms with Crippen LogP contribution in [0.1, 0.15) is 22.0 Å². The van der Waals surface area contributed by atoms with Crippen LogP contribution in [0.3, 0.4) is 0 Å². The molecule has 1 amide bonds. The number of amides is 1. The van der Waals surface area contributed by atoms with Gasteiger partial charge in [-0.3, -0.25) is 9.59 Å². The van der Waals surface area contributed by atoms with Crippen molar-refractivity contribution >= 4 is 11.9 Å². The van der Waals surface area contributed by atoms with Gasteiger partial charge in [-0.1, -0.05) is 0 Å². The van der Waals surface area contributed by atoms with E-state index in [9.17, 15) is 35.9 Å². The van der Waals surface area contributed by atoms with Crippen LogP contribution in [0.4, 0.5) is 26.3 Å². The molecular formula is C9H6F6N4O3. The van der Waals surface area contributed by atoms with Crippen LogP contribution >= 0.6 is 0 Å². The number of hydrogen-bond acceptors (Lipinski definition) is 6. The lowest BCUT2D eigenvalue weighted by Gasteiger charge is -2.13. The average molecular weight is 332 g/mol. The van der Waals surface area contributed by atoms with Crippen molar-refractivity contribution in [3.8, 4) is 0 Å². The van der Waals surface area contributed by atoms with Crippen LogP contribution in [0.15, 0.2) is 0 Å². The molecule has 22 heavy (non-hydrogen) atoms. The van der Waals surface area contributed by atoms with Crippen molar-refractivity contribution < 1.29 is 40.7 Å². The highest BCUT2D eigenvalue weighted by molar-refractivity contribution is 5.92. The molecule has 1 N–H and O–H groups in total. The summed E-state index contributed by atoms with van der Waals surface area (Å²) in [6.45, 7) is -0.735. The number of aromatic nitrogens is 3. The number of nitrogens with zero attached hydrogens (tertiary/aromatic N) is 3. The molecule has 1 rings (SSSR count). The smallest absolute Gasteiger partial charge is 0.437 e. The Morgan fingerprint density at radius 3 is 2.05 bits per heavy atom. The van der Waals surface area contributed by atoms with E-state index in [1.54, 1.807) is 5.32 Å². The Hall–Kier alpha value is -2.47. The maximum Gasteiger partial charge on any atom is 0.437 e. The number of carbonyl (C=O) groups is 2. The van der Waals surface area contributed by atoms with Crippen LogP contribution in [0.5, 0.6) is 0 Å². The van der Waals surface area contributed by atoms with E-state index in [4.69, 9.17) is 0 Å². The lowest BCUT2D eigenvalue weighted by Crippen LogP contribution is -2.33. The molecule has 1 heterocycles. The predicted molar refractivity (Wildman–Crippen MR) is 54.2 cm³/mol. The maximum atomic E-state index is 12.6. The van der Waals surface area contributed by atoms with Crippen molar-refractivity contribution in [3.63, 3.8) is 0 Å². The minimum Gasteiger partial charge on any atom is -0.468 e. The SMILES string of the molecule is COC(=O)CNC(=O)c1nnc(C(F)(F)F)c(C(F)(F)F)n1. The summed E-state index contributed by atoms with van der Waals surface area (Å²) >= 11 is 0. The van der Waals surface area contributed by atoms with Crippen molar-refractivity contribution in [3.05, 3.63) is 17.2 Å². The van der Waals surface area contributed by atoms with E-state index in [1.807, 2.05) is 0 Å². The number of alkyl halides is 6. The first-order valence-electron chi connectivity index (χ1n) is 5.21. The van der Waals surface area contributed by atoms with Crippen LogP contribution in [-0.4, -0.2) is 40.7 Å². The van der Waals surface area contributed by atoms with E-state index in [2.05, 4.69) is 19.9 Å². The van der Waals surface area contributed by atoms with E-state index in [0.717, 1.165) is 7.11 Å². The molecule has 0 atom stereocenters. The summed E-state index contributed by atoms with van der Waals surface area (Å²) in [4.78, 5) is 24.6. The topological polar surface area (TPSA) is 94.1 Å². The molecule has 0 aliphatic rings. The first-order chi connectivity index (χ1) is 9.96. The molecule has 7 nitrogen and oxygen atoms in total. The molecule has 1 aromatic rings. The Bertz CT molecular complexity index is 586. The van der Waals surface area contributed by atoms with Gasteiger partial charge in [-0.25, -0.2) is 4.98 Å². The fraction of sp³-hybridized carbons (Fsp3) is 0.444. The second kappa shape index (κ2) is 6.11. The lowest BCUT2D eigenvalue weighted by atomic mass is 10.3. The zero-order chi connectivity index (χ0) is 17.1. The molecule has 1 aromatic heterocycles. The van der Waals surface area contributed by atoms with E-state index >= 15 is 0 Å². The third-order valence-electron chi connectivity index (χ3n) is 2.05. The summed E-state index contributed by atoms with van der Waals surface area (Å²) in [6, 6.07) is 0. The number of carbonyl (C=O) groups excluding carboxylic acids is 2. The van der Waals surface area contributed by atoms with Gasteiger partial charge < -0.3 is 10.1 Å². The van der Waals surface area contributed by atoms with Gasteiger partial charge in [-0.15, -0.1) is 10.2 Å². The Labute approximate surface area is 117 Å². The third-order valence-corrected chi connectivity index (χ3v) is 2.05. The number of nitrogens with one attached hydrogen (secondary N) is 1. The van der Waals surface area contributed by atoms with Crippen LogP contribution in [-0.2, 0) is 21.9 Å². The van der Waals surface area contributed by atoms with Gasteiger partial charge in [0, 0.05) is 0 Å². The molecule has 0 saturated carbocycles. The summed E-state index contributed by atoms with van der Waals surface area (Å²) in [5.74, 6) is -3.63. The summed E-state index contributed by atoms with van der Waals surface area (Å²) in [5.41, 5.74) is -4.78. The van der Waals surface area contributed by atoms with Gasteiger partial charge in [-0.2, -0.15) is 26.3 Å². The third kappa shape index (κ3) is 4.26. The van der Waals surface area contributed by atoms with Crippen LogP contribution in [0, 0.1) is 0 Å². The summed E-state index contributed by atoms with van der Waals surface area (Å²) < 4.78 is 79.0. The van der Waals surface area contributed by atoms with E-state index in [1.165, 1.54) is 0 Å². The highest BCUT2D eigenvalue weighted by atomic mass is 19.4. The zero-order valence-corrected chi connectivity index (χ0v) is 10.5. The fourth-order valence-electron chi connectivity index (χ4n) is 1.11. The monoisotopic (exact) mass is 332 g/mol. The average Bonchev–Trinajstić information content (AvgIpc) is 2.41. The molecule has 0 aliphatic heterocycles. The van der Waals surface area contributed by atoms with Crippen molar-refractivity contribution in [2.24, 2.45) is 0 Å². The molecule has 0 saturated heterocycles. The number of hydrogen-bond donors (Lipinski definition) is 1. The molecule has 0 bridgehead atoms. The van der Waals surface area contributed by atoms with Crippen LogP contribution in [0.25, 0.3) is 0 Å². The standard InChI is InChI=1S/C9H6F6N4O3/c1-22-3(20)2-16-7(21)6-17-4(8(10,11)12)5(18-19-6)9(13,14)15/h2H2,1H3,(H,16,21). The van der Waals surface area contributed by atoms with Gasteiger partial charge in [0.15, 0.2) is 11.4 Å².